The number of carbonyl (C=O) groups excluding carboxylic acids is 1. The van der Waals surface area contributed by atoms with Crippen molar-refractivity contribution in [2.45, 2.75) is 6.42 Å². The molecule has 1 aliphatic heterocycles. The normalized spacial score (nSPS) is 17.0. The first-order valence-electron chi connectivity index (χ1n) is 7.26. The van der Waals surface area contributed by atoms with Gasteiger partial charge in [0.05, 0.1) is 0 Å². The summed E-state index contributed by atoms with van der Waals surface area (Å²) in [6.45, 7) is 0.883. The molecule has 1 aromatic heterocycles. The van der Waals surface area contributed by atoms with E-state index in [2.05, 4.69) is 15.0 Å². The number of hydrogen-bond donors (Lipinski definition) is 0. The van der Waals surface area contributed by atoms with Crippen LogP contribution in [0.3, 0.4) is 0 Å². The minimum absolute atomic E-state index is 0.0260. The minimum atomic E-state index is 0.0260. The zero-order chi connectivity index (χ0) is 16.1. The fraction of sp³-hybridized carbons (Fsp3) is 0.250. The molecule has 7 nitrogen and oxygen atoms in total. The average Bonchev–Trinajstić information content (AvgIpc) is 2.95. The molecule has 1 atom stereocenters. The van der Waals surface area contributed by atoms with Gasteiger partial charge in [-0.2, -0.15) is 0 Å². The van der Waals surface area contributed by atoms with Gasteiger partial charge < -0.3 is 9.64 Å². The minimum Gasteiger partial charge on any atom is -0.439 e. The second-order valence-corrected chi connectivity index (χ2v) is 5.26. The van der Waals surface area contributed by atoms with Gasteiger partial charge in [0.15, 0.2) is 0 Å². The van der Waals surface area contributed by atoms with E-state index in [1.54, 1.807) is 17.2 Å². The number of anilines is 1. The van der Waals surface area contributed by atoms with Crippen molar-refractivity contribution in [1.82, 2.24) is 4.98 Å². The summed E-state index contributed by atoms with van der Waals surface area (Å²) in [5.41, 5.74) is 9.16. The van der Waals surface area contributed by atoms with Crippen molar-refractivity contribution in [3.05, 3.63) is 59.1 Å². The van der Waals surface area contributed by atoms with E-state index in [4.69, 9.17) is 10.3 Å². The highest BCUT2D eigenvalue weighted by atomic mass is 16.5. The van der Waals surface area contributed by atoms with E-state index >= 15 is 0 Å². The van der Waals surface area contributed by atoms with E-state index in [1.165, 1.54) is 0 Å². The highest BCUT2D eigenvalue weighted by Gasteiger charge is 2.30. The molecule has 0 radical (unpaired) electrons. The number of carbonyl (C=O) groups is 1. The SMILES string of the molecule is [N-]=[N+]=NCC1CC(=O)N(c2cccc(Oc3ccccn3)c2)C1. The van der Waals surface area contributed by atoms with Gasteiger partial charge in [0.2, 0.25) is 11.8 Å². The second-order valence-electron chi connectivity index (χ2n) is 5.26. The van der Waals surface area contributed by atoms with E-state index in [0.29, 0.717) is 31.1 Å². The van der Waals surface area contributed by atoms with Crippen LogP contribution in [0, 0.1) is 5.92 Å². The monoisotopic (exact) mass is 309 g/mol. The Balaban J connectivity index is 1.74. The van der Waals surface area contributed by atoms with Crippen molar-refractivity contribution in [2.75, 3.05) is 18.0 Å². The Bertz CT molecular complexity index is 743. The number of amides is 1. The molecule has 116 valence electrons. The van der Waals surface area contributed by atoms with Gasteiger partial charge in [-0.3, -0.25) is 4.79 Å². The fourth-order valence-corrected chi connectivity index (χ4v) is 2.55. The van der Waals surface area contributed by atoms with Crippen LogP contribution in [0.15, 0.2) is 53.8 Å². The Labute approximate surface area is 133 Å². The number of benzene rings is 1. The molecular formula is C16H15N5O2. The molecule has 0 spiro atoms. The molecule has 0 aliphatic carbocycles. The summed E-state index contributed by atoms with van der Waals surface area (Å²) >= 11 is 0. The first kappa shape index (κ1) is 14.9. The van der Waals surface area contributed by atoms with Gasteiger partial charge in [0.25, 0.3) is 0 Å². The Morgan fingerprint density at radius 2 is 2.26 bits per heavy atom. The maximum absolute atomic E-state index is 12.2. The number of rotatable bonds is 5. The number of pyridine rings is 1. The first-order chi connectivity index (χ1) is 11.3. The Kier molecular flexibility index (Phi) is 4.40. The lowest BCUT2D eigenvalue weighted by Crippen LogP contribution is -2.24. The van der Waals surface area contributed by atoms with E-state index < -0.39 is 0 Å². The summed E-state index contributed by atoms with van der Waals surface area (Å²) in [5.74, 6) is 1.20. The van der Waals surface area contributed by atoms with E-state index in [-0.39, 0.29) is 11.8 Å². The summed E-state index contributed by atoms with van der Waals surface area (Å²) in [4.78, 5) is 20.7. The van der Waals surface area contributed by atoms with Gasteiger partial charge in [-0.25, -0.2) is 4.98 Å². The third kappa shape index (κ3) is 3.59. The summed E-state index contributed by atoms with van der Waals surface area (Å²) < 4.78 is 5.69. The molecule has 2 heterocycles. The molecule has 1 aromatic carbocycles. The van der Waals surface area contributed by atoms with Crippen LogP contribution in [0.5, 0.6) is 11.6 Å². The Morgan fingerprint density at radius 3 is 3.04 bits per heavy atom. The smallest absolute Gasteiger partial charge is 0.227 e. The maximum Gasteiger partial charge on any atom is 0.227 e. The lowest BCUT2D eigenvalue weighted by atomic mass is 10.1. The summed E-state index contributed by atoms with van der Waals surface area (Å²) in [6, 6.07) is 12.7. The van der Waals surface area contributed by atoms with Crippen LogP contribution in [0.4, 0.5) is 5.69 Å². The van der Waals surface area contributed by atoms with Crippen LogP contribution in [0.25, 0.3) is 10.4 Å². The van der Waals surface area contributed by atoms with Crippen molar-refractivity contribution in [2.24, 2.45) is 11.0 Å². The third-order valence-corrected chi connectivity index (χ3v) is 3.60. The largest absolute Gasteiger partial charge is 0.439 e. The van der Waals surface area contributed by atoms with Gasteiger partial charge >= 0.3 is 0 Å². The van der Waals surface area contributed by atoms with Crippen LogP contribution < -0.4 is 9.64 Å². The number of hydrogen-bond acceptors (Lipinski definition) is 4. The second kappa shape index (κ2) is 6.81. The van der Waals surface area contributed by atoms with Crippen molar-refractivity contribution in [3.63, 3.8) is 0 Å². The summed E-state index contributed by atoms with van der Waals surface area (Å²) in [7, 11) is 0. The van der Waals surface area contributed by atoms with Crippen LogP contribution in [-0.4, -0.2) is 24.0 Å². The fourth-order valence-electron chi connectivity index (χ4n) is 2.55. The lowest BCUT2D eigenvalue weighted by molar-refractivity contribution is -0.117. The zero-order valence-electron chi connectivity index (χ0n) is 12.4. The number of nitrogens with zero attached hydrogens (tertiary/aromatic N) is 5. The topological polar surface area (TPSA) is 91.2 Å². The standard InChI is InChI=1S/C16H15N5O2/c17-20-19-10-12-8-16(22)21(11-12)13-4-3-5-14(9-13)23-15-6-1-2-7-18-15/h1-7,9,12H,8,10-11H2. The highest BCUT2D eigenvalue weighted by molar-refractivity contribution is 5.95. The van der Waals surface area contributed by atoms with Crippen LogP contribution in [0.1, 0.15) is 6.42 Å². The maximum atomic E-state index is 12.2. The lowest BCUT2D eigenvalue weighted by Gasteiger charge is -2.17. The summed E-state index contributed by atoms with van der Waals surface area (Å²) in [5, 5.41) is 3.56. The van der Waals surface area contributed by atoms with Crippen LogP contribution in [0.2, 0.25) is 0 Å². The van der Waals surface area contributed by atoms with E-state index in [9.17, 15) is 4.79 Å². The number of aromatic nitrogens is 1. The number of ether oxygens (including phenoxy) is 1. The van der Waals surface area contributed by atoms with Crippen molar-refractivity contribution >= 4 is 11.6 Å². The quantitative estimate of drug-likeness (QED) is 0.480. The van der Waals surface area contributed by atoms with Crippen molar-refractivity contribution < 1.29 is 9.53 Å². The molecule has 23 heavy (non-hydrogen) atoms. The summed E-state index contributed by atoms with van der Waals surface area (Å²) in [6.07, 6.45) is 2.05. The number of azide groups is 1. The molecular weight excluding hydrogens is 294 g/mol. The predicted octanol–water partition coefficient (Wildman–Crippen LogP) is 3.54. The molecule has 1 fully saturated rings. The molecule has 0 N–H and O–H groups in total. The highest BCUT2D eigenvalue weighted by Crippen LogP contribution is 2.29. The van der Waals surface area contributed by atoms with Gasteiger partial charge in [-0.05, 0) is 29.6 Å². The average molecular weight is 309 g/mol. The molecule has 1 amide bonds. The van der Waals surface area contributed by atoms with Crippen LogP contribution >= 0.6 is 0 Å². The molecule has 0 bridgehead atoms. The molecule has 1 unspecified atom stereocenters. The molecule has 7 heteroatoms. The van der Waals surface area contributed by atoms with Gasteiger partial charge in [0.1, 0.15) is 5.75 Å². The zero-order valence-corrected chi connectivity index (χ0v) is 12.4. The van der Waals surface area contributed by atoms with Gasteiger partial charge in [-0.1, -0.05) is 17.2 Å². The third-order valence-electron chi connectivity index (χ3n) is 3.60. The molecule has 3 rings (SSSR count). The molecule has 1 saturated heterocycles. The molecule has 0 saturated carbocycles. The van der Waals surface area contributed by atoms with Crippen molar-refractivity contribution in [1.29, 1.82) is 0 Å². The van der Waals surface area contributed by atoms with Crippen LogP contribution in [-0.2, 0) is 4.79 Å². The molecule has 2 aromatic rings. The van der Waals surface area contributed by atoms with Gasteiger partial charge in [0, 0.05) is 48.4 Å². The Morgan fingerprint density at radius 1 is 1.35 bits per heavy atom. The first-order valence-corrected chi connectivity index (χ1v) is 7.26. The van der Waals surface area contributed by atoms with E-state index in [0.717, 1.165) is 5.69 Å². The molecule has 1 aliphatic rings. The van der Waals surface area contributed by atoms with E-state index in [1.807, 2.05) is 36.4 Å². The Hall–Kier alpha value is -3.05. The van der Waals surface area contributed by atoms with Crippen molar-refractivity contribution in [3.8, 4) is 11.6 Å². The van der Waals surface area contributed by atoms with Gasteiger partial charge in [-0.15, -0.1) is 0 Å². The predicted molar refractivity (Wildman–Crippen MR) is 85.2 cm³/mol.